The number of aromatic amines is 1. The summed E-state index contributed by atoms with van der Waals surface area (Å²) in [5.74, 6) is -2.27. The Bertz CT molecular complexity index is 1340. The quantitative estimate of drug-likeness (QED) is 0.513. The van der Waals surface area contributed by atoms with Gasteiger partial charge in [-0.3, -0.25) is 14.5 Å². The summed E-state index contributed by atoms with van der Waals surface area (Å²) < 4.78 is 32.1. The zero-order valence-corrected chi connectivity index (χ0v) is 20.4. The first-order chi connectivity index (χ1) is 17.5. The topological polar surface area (TPSA) is 133 Å². The Hall–Kier alpha value is -4.26. The molecule has 2 N–H and O–H groups in total. The third-order valence-electron chi connectivity index (χ3n) is 6.01. The fourth-order valence-corrected chi connectivity index (χ4v) is 4.02. The van der Waals surface area contributed by atoms with E-state index in [0.29, 0.717) is 25.7 Å². The molecule has 1 aliphatic heterocycles. The Balaban J connectivity index is 1.35. The molecule has 4 rings (SSSR count). The van der Waals surface area contributed by atoms with E-state index in [1.165, 1.54) is 24.8 Å². The average Bonchev–Trinajstić information content (AvgIpc) is 2.86. The highest BCUT2D eigenvalue weighted by molar-refractivity contribution is 5.95. The summed E-state index contributed by atoms with van der Waals surface area (Å²) in [6.07, 6.45) is 5.05. The molecule has 0 unspecified atom stereocenters. The van der Waals surface area contributed by atoms with E-state index in [4.69, 9.17) is 4.74 Å². The number of carbonyl (C=O) groups excluding carboxylic acids is 2. The van der Waals surface area contributed by atoms with Gasteiger partial charge in [0.05, 0.1) is 29.5 Å². The normalized spacial score (nSPS) is 16.2. The molecule has 0 bridgehead atoms. The van der Waals surface area contributed by atoms with Gasteiger partial charge in [-0.25, -0.2) is 28.5 Å². The number of hydrogen-bond donors (Lipinski definition) is 2. The van der Waals surface area contributed by atoms with Gasteiger partial charge in [-0.1, -0.05) is 0 Å². The number of rotatable bonds is 6. The molecule has 1 saturated heterocycles. The van der Waals surface area contributed by atoms with E-state index in [1.807, 2.05) is 18.7 Å². The number of amides is 2. The maximum atomic E-state index is 13.8. The first kappa shape index (κ1) is 25.8. The van der Waals surface area contributed by atoms with Gasteiger partial charge in [-0.05, 0) is 32.9 Å². The van der Waals surface area contributed by atoms with Crippen LogP contribution < -0.4 is 15.7 Å². The number of benzene rings is 1. The monoisotopic (exact) mass is 513 g/mol. The molecule has 1 fully saturated rings. The van der Waals surface area contributed by atoms with Crippen molar-refractivity contribution in [3.05, 3.63) is 70.7 Å². The van der Waals surface area contributed by atoms with Crippen LogP contribution in [0.15, 0.2) is 47.8 Å². The fraction of sp³-hybridized carbons (Fsp3) is 0.333. The highest BCUT2D eigenvalue weighted by Gasteiger charge is 2.39. The van der Waals surface area contributed by atoms with Crippen LogP contribution in [0.25, 0.3) is 0 Å². The SMILES string of the molecule is C[C@@H](C(=O)Nc1cnc(Oc2ccc(F)cc2F)cn1)N1CCN(C(=O)c2cnc(=O)[nH]c2)C(C)(C)C1. The molecule has 0 aliphatic carbocycles. The van der Waals surface area contributed by atoms with E-state index in [-0.39, 0.29) is 34.8 Å². The second-order valence-corrected chi connectivity index (χ2v) is 9.13. The van der Waals surface area contributed by atoms with Gasteiger partial charge >= 0.3 is 5.69 Å². The Morgan fingerprint density at radius 3 is 2.54 bits per heavy atom. The third kappa shape index (κ3) is 5.94. The van der Waals surface area contributed by atoms with Crippen molar-refractivity contribution in [1.82, 2.24) is 29.7 Å². The van der Waals surface area contributed by atoms with Crippen LogP contribution in [-0.4, -0.2) is 72.8 Å². The molecule has 194 valence electrons. The molecule has 1 aromatic carbocycles. The Morgan fingerprint density at radius 2 is 1.92 bits per heavy atom. The number of aromatic nitrogens is 4. The highest BCUT2D eigenvalue weighted by atomic mass is 19.1. The number of nitrogens with zero attached hydrogens (tertiary/aromatic N) is 5. The van der Waals surface area contributed by atoms with Gasteiger partial charge in [-0.2, -0.15) is 0 Å². The standard InChI is InChI=1S/C24H25F2N7O4/c1-14(32-6-7-33(24(2,3)13-32)22(35)15-9-29-23(36)30-10-15)21(34)31-19-11-28-20(12-27-19)37-18-5-4-16(25)8-17(18)26/h4-5,8-12,14H,6-7,13H2,1-3H3,(H,27,31,34)(H,29,30,36)/t14-/m0/s1. The number of ether oxygens (including phenoxy) is 1. The molecule has 0 spiro atoms. The number of piperazine rings is 1. The van der Waals surface area contributed by atoms with Crippen LogP contribution in [0.1, 0.15) is 31.1 Å². The van der Waals surface area contributed by atoms with Crippen LogP contribution in [0.4, 0.5) is 14.6 Å². The molecule has 2 aromatic heterocycles. The number of carbonyl (C=O) groups is 2. The smallest absolute Gasteiger partial charge is 0.344 e. The van der Waals surface area contributed by atoms with Crippen LogP contribution in [-0.2, 0) is 4.79 Å². The predicted octanol–water partition coefficient (Wildman–Crippen LogP) is 2.19. The third-order valence-corrected chi connectivity index (χ3v) is 6.01. The van der Waals surface area contributed by atoms with Crippen LogP contribution in [0.5, 0.6) is 11.6 Å². The molecule has 1 atom stereocenters. The molecular weight excluding hydrogens is 488 g/mol. The minimum atomic E-state index is -0.881. The summed E-state index contributed by atoms with van der Waals surface area (Å²) >= 11 is 0. The van der Waals surface area contributed by atoms with E-state index in [2.05, 4.69) is 25.3 Å². The van der Waals surface area contributed by atoms with Crippen LogP contribution >= 0.6 is 0 Å². The minimum Gasteiger partial charge on any atom is -0.434 e. The lowest BCUT2D eigenvalue weighted by Gasteiger charge is -2.48. The molecule has 2 amide bonds. The van der Waals surface area contributed by atoms with Gasteiger partial charge in [0.2, 0.25) is 11.8 Å². The number of hydrogen-bond acceptors (Lipinski definition) is 8. The summed E-state index contributed by atoms with van der Waals surface area (Å²) in [5, 5.41) is 2.69. The summed E-state index contributed by atoms with van der Waals surface area (Å²) in [7, 11) is 0. The minimum absolute atomic E-state index is 0.0308. The average molecular weight is 514 g/mol. The maximum Gasteiger partial charge on any atom is 0.344 e. The lowest BCUT2D eigenvalue weighted by Crippen LogP contribution is -2.63. The molecule has 13 heteroatoms. The summed E-state index contributed by atoms with van der Waals surface area (Å²) in [4.78, 5) is 54.8. The molecule has 11 nitrogen and oxygen atoms in total. The molecule has 3 heterocycles. The van der Waals surface area contributed by atoms with Crippen molar-refractivity contribution in [3.63, 3.8) is 0 Å². The Kier molecular flexibility index (Phi) is 7.25. The van der Waals surface area contributed by atoms with E-state index in [0.717, 1.165) is 12.1 Å². The van der Waals surface area contributed by atoms with Crippen molar-refractivity contribution in [1.29, 1.82) is 0 Å². The lowest BCUT2D eigenvalue weighted by molar-refractivity contribution is -0.122. The second kappa shape index (κ2) is 10.4. The predicted molar refractivity (Wildman–Crippen MR) is 128 cm³/mol. The second-order valence-electron chi connectivity index (χ2n) is 9.13. The Morgan fingerprint density at radius 1 is 1.14 bits per heavy atom. The zero-order chi connectivity index (χ0) is 26.7. The molecular formula is C24H25F2N7O4. The van der Waals surface area contributed by atoms with Gasteiger partial charge < -0.3 is 19.9 Å². The molecule has 3 aromatic rings. The zero-order valence-electron chi connectivity index (χ0n) is 20.4. The molecule has 0 radical (unpaired) electrons. The van der Waals surface area contributed by atoms with Gasteiger partial charge in [0.15, 0.2) is 17.4 Å². The van der Waals surface area contributed by atoms with E-state index in [9.17, 15) is 23.2 Å². The first-order valence-electron chi connectivity index (χ1n) is 11.4. The first-order valence-corrected chi connectivity index (χ1v) is 11.4. The number of nitrogens with one attached hydrogen (secondary N) is 2. The molecule has 1 aliphatic rings. The van der Waals surface area contributed by atoms with Gasteiger partial charge in [0.25, 0.3) is 5.91 Å². The van der Waals surface area contributed by atoms with Crippen molar-refractivity contribution in [2.75, 3.05) is 25.0 Å². The number of H-pyrrole nitrogens is 1. The van der Waals surface area contributed by atoms with Crippen molar-refractivity contribution in [3.8, 4) is 11.6 Å². The lowest BCUT2D eigenvalue weighted by atomic mass is 9.96. The van der Waals surface area contributed by atoms with Gasteiger partial charge in [-0.15, -0.1) is 0 Å². The van der Waals surface area contributed by atoms with Gasteiger partial charge in [0, 0.05) is 38.1 Å². The number of anilines is 1. The van der Waals surface area contributed by atoms with E-state index in [1.54, 1.807) is 11.8 Å². The number of halogens is 2. The van der Waals surface area contributed by atoms with Crippen molar-refractivity contribution in [2.24, 2.45) is 0 Å². The van der Waals surface area contributed by atoms with Crippen molar-refractivity contribution >= 4 is 17.6 Å². The van der Waals surface area contributed by atoms with Crippen LogP contribution in [0.2, 0.25) is 0 Å². The Labute approximate surface area is 210 Å². The summed E-state index contributed by atoms with van der Waals surface area (Å²) in [5.41, 5.74) is -0.858. The highest BCUT2D eigenvalue weighted by Crippen LogP contribution is 2.25. The van der Waals surface area contributed by atoms with E-state index < -0.39 is 28.9 Å². The van der Waals surface area contributed by atoms with Crippen LogP contribution in [0, 0.1) is 11.6 Å². The fourth-order valence-electron chi connectivity index (χ4n) is 4.02. The largest absolute Gasteiger partial charge is 0.434 e. The molecule has 0 saturated carbocycles. The van der Waals surface area contributed by atoms with Crippen LogP contribution in [0.3, 0.4) is 0 Å². The van der Waals surface area contributed by atoms with Crippen molar-refractivity contribution < 1.29 is 23.1 Å². The van der Waals surface area contributed by atoms with Crippen molar-refractivity contribution in [2.45, 2.75) is 32.4 Å². The van der Waals surface area contributed by atoms with E-state index >= 15 is 0 Å². The van der Waals surface area contributed by atoms with Gasteiger partial charge in [0.1, 0.15) is 5.82 Å². The molecule has 37 heavy (non-hydrogen) atoms. The summed E-state index contributed by atoms with van der Waals surface area (Å²) in [6.45, 7) is 6.78. The summed E-state index contributed by atoms with van der Waals surface area (Å²) in [6, 6.07) is 2.34. The maximum absolute atomic E-state index is 13.8.